The number of aromatic nitrogens is 2. The van der Waals surface area contributed by atoms with Crippen LogP contribution in [0.25, 0.3) is 10.2 Å². The summed E-state index contributed by atoms with van der Waals surface area (Å²) in [6, 6.07) is 2.08. The molecule has 4 nitrogen and oxygen atoms in total. The monoisotopic (exact) mass is 236 g/mol. The first-order valence-corrected chi connectivity index (χ1v) is 6.38. The molecule has 0 unspecified atom stereocenters. The van der Waals surface area contributed by atoms with Crippen LogP contribution in [0.15, 0.2) is 17.8 Å². The van der Waals surface area contributed by atoms with Gasteiger partial charge in [0.1, 0.15) is 17.0 Å². The average Bonchev–Trinajstić information content (AvgIpc) is 2.76. The van der Waals surface area contributed by atoms with Gasteiger partial charge in [-0.3, -0.25) is 0 Å². The molecule has 0 amide bonds. The number of hydrogen-bond donors (Lipinski definition) is 1. The number of rotatable bonds is 5. The summed E-state index contributed by atoms with van der Waals surface area (Å²) in [6.45, 7) is 4.64. The molecule has 0 aliphatic carbocycles. The number of hydrogen-bond acceptors (Lipinski definition) is 5. The fourth-order valence-electron chi connectivity index (χ4n) is 1.78. The Labute approximate surface area is 99.1 Å². The average molecular weight is 236 g/mol. The van der Waals surface area contributed by atoms with Crippen molar-refractivity contribution < 1.29 is 0 Å². The molecule has 0 bridgehead atoms. The molecule has 0 aromatic carbocycles. The lowest BCUT2D eigenvalue weighted by atomic mass is 10.3. The van der Waals surface area contributed by atoms with Crippen molar-refractivity contribution in [1.82, 2.24) is 9.97 Å². The largest absolute Gasteiger partial charge is 0.355 e. The second-order valence-electron chi connectivity index (χ2n) is 3.61. The van der Waals surface area contributed by atoms with Crippen LogP contribution in [0.1, 0.15) is 13.3 Å². The van der Waals surface area contributed by atoms with Crippen molar-refractivity contribution in [2.24, 2.45) is 5.73 Å². The van der Waals surface area contributed by atoms with Crippen LogP contribution in [-0.4, -0.2) is 29.6 Å². The molecule has 2 rings (SSSR count). The van der Waals surface area contributed by atoms with Crippen molar-refractivity contribution in [1.29, 1.82) is 0 Å². The third kappa shape index (κ3) is 2.15. The highest BCUT2D eigenvalue weighted by atomic mass is 32.1. The topological polar surface area (TPSA) is 55.0 Å². The van der Waals surface area contributed by atoms with E-state index in [1.165, 1.54) is 0 Å². The molecule has 16 heavy (non-hydrogen) atoms. The predicted molar refractivity (Wildman–Crippen MR) is 69.0 cm³/mol. The van der Waals surface area contributed by atoms with Gasteiger partial charge < -0.3 is 10.6 Å². The number of nitrogens with two attached hydrogens (primary N) is 1. The quantitative estimate of drug-likeness (QED) is 0.861. The van der Waals surface area contributed by atoms with Gasteiger partial charge in [-0.15, -0.1) is 11.3 Å². The Morgan fingerprint density at radius 1 is 1.38 bits per heavy atom. The van der Waals surface area contributed by atoms with E-state index in [1.54, 1.807) is 17.7 Å². The third-order valence-corrected chi connectivity index (χ3v) is 3.25. The molecule has 2 N–H and O–H groups in total. The molecule has 0 fully saturated rings. The molecule has 2 aromatic heterocycles. The summed E-state index contributed by atoms with van der Waals surface area (Å²) in [5.74, 6) is 1.01. The second kappa shape index (κ2) is 5.23. The van der Waals surface area contributed by atoms with Gasteiger partial charge >= 0.3 is 0 Å². The Morgan fingerprint density at radius 3 is 3.00 bits per heavy atom. The standard InChI is InChI=1S/C11H16N4S/c1-2-5-15(6-4-12)10-9-3-7-16-11(9)14-8-13-10/h3,7-8H,2,4-6,12H2,1H3. The molecule has 0 radical (unpaired) electrons. The Hall–Kier alpha value is -1.20. The molecule has 86 valence electrons. The molecule has 0 aliphatic heterocycles. The minimum Gasteiger partial charge on any atom is -0.355 e. The molecule has 0 spiro atoms. The highest BCUT2D eigenvalue weighted by molar-refractivity contribution is 7.16. The van der Waals surface area contributed by atoms with Crippen LogP contribution >= 0.6 is 11.3 Å². The maximum atomic E-state index is 5.63. The molecule has 2 aromatic rings. The summed E-state index contributed by atoms with van der Waals surface area (Å²) in [5, 5.41) is 3.18. The molecule has 5 heteroatoms. The molecular weight excluding hydrogens is 220 g/mol. The number of thiophene rings is 1. The van der Waals surface area contributed by atoms with E-state index in [0.717, 1.165) is 35.5 Å². The fourth-order valence-corrected chi connectivity index (χ4v) is 2.51. The van der Waals surface area contributed by atoms with Crippen molar-refractivity contribution in [2.75, 3.05) is 24.5 Å². The number of fused-ring (bicyclic) bond motifs is 1. The van der Waals surface area contributed by atoms with Crippen LogP contribution in [-0.2, 0) is 0 Å². The SMILES string of the molecule is CCCN(CCN)c1ncnc2sccc12. The summed E-state index contributed by atoms with van der Waals surface area (Å²) in [5.41, 5.74) is 5.63. The summed E-state index contributed by atoms with van der Waals surface area (Å²) in [7, 11) is 0. The van der Waals surface area contributed by atoms with Gasteiger partial charge in [0.15, 0.2) is 0 Å². The van der Waals surface area contributed by atoms with Crippen molar-refractivity contribution in [3.8, 4) is 0 Å². The number of anilines is 1. The zero-order chi connectivity index (χ0) is 11.4. The van der Waals surface area contributed by atoms with E-state index in [0.29, 0.717) is 6.54 Å². The van der Waals surface area contributed by atoms with Gasteiger partial charge in [0.25, 0.3) is 0 Å². The molecule has 0 saturated heterocycles. The van der Waals surface area contributed by atoms with Gasteiger partial charge in [0.2, 0.25) is 0 Å². The van der Waals surface area contributed by atoms with Gasteiger partial charge in [-0.2, -0.15) is 0 Å². The van der Waals surface area contributed by atoms with E-state index in [-0.39, 0.29) is 0 Å². The van der Waals surface area contributed by atoms with Crippen LogP contribution in [0.5, 0.6) is 0 Å². The minimum absolute atomic E-state index is 0.648. The van der Waals surface area contributed by atoms with Gasteiger partial charge in [-0.05, 0) is 17.9 Å². The van der Waals surface area contributed by atoms with Gasteiger partial charge in [-0.1, -0.05) is 6.92 Å². The van der Waals surface area contributed by atoms with Crippen molar-refractivity contribution >= 4 is 27.4 Å². The highest BCUT2D eigenvalue weighted by Crippen LogP contribution is 2.26. The highest BCUT2D eigenvalue weighted by Gasteiger charge is 2.11. The number of nitrogens with zero attached hydrogens (tertiary/aromatic N) is 3. The predicted octanol–water partition coefficient (Wildman–Crippen LogP) is 1.87. The first kappa shape index (κ1) is 11.3. The van der Waals surface area contributed by atoms with E-state index in [1.807, 2.05) is 0 Å². The summed E-state index contributed by atoms with van der Waals surface area (Å²) < 4.78 is 0. The van der Waals surface area contributed by atoms with Gasteiger partial charge in [0.05, 0.1) is 5.39 Å². The van der Waals surface area contributed by atoms with Crippen molar-refractivity contribution in [3.05, 3.63) is 17.8 Å². The summed E-state index contributed by atoms with van der Waals surface area (Å²) >= 11 is 1.65. The third-order valence-electron chi connectivity index (χ3n) is 2.43. The van der Waals surface area contributed by atoms with Gasteiger partial charge in [0, 0.05) is 19.6 Å². The van der Waals surface area contributed by atoms with Crippen LogP contribution < -0.4 is 10.6 Å². The minimum atomic E-state index is 0.648. The van der Waals surface area contributed by atoms with Crippen LogP contribution in [0.4, 0.5) is 5.82 Å². The Kier molecular flexibility index (Phi) is 3.69. The second-order valence-corrected chi connectivity index (χ2v) is 4.51. The van der Waals surface area contributed by atoms with Crippen LogP contribution in [0.3, 0.4) is 0 Å². The zero-order valence-corrected chi connectivity index (χ0v) is 10.2. The Balaban J connectivity index is 2.38. The molecule has 0 aliphatic rings. The molecule has 2 heterocycles. The van der Waals surface area contributed by atoms with Crippen molar-refractivity contribution in [2.45, 2.75) is 13.3 Å². The first-order valence-electron chi connectivity index (χ1n) is 5.50. The Morgan fingerprint density at radius 2 is 2.25 bits per heavy atom. The molecule has 0 atom stereocenters. The van der Waals surface area contributed by atoms with Gasteiger partial charge in [-0.25, -0.2) is 9.97 Å². The maximum absolute atomic E-state index is 5.63. The maximum Gasteiger partial charge on any atom is 0.140 e. The zero-order valence-electron chi connectivity index (χ0n) is 9.39. The summed E-state index contributed by atoms with van der Waals surface area (Å²) in [4.78, 5) is 11.9. The van der Waals surface area contributed by atoms with E-state index in [2.05, 4.69) is 33.2 Å². The molecular formula is C11H16N4S. The lowest BCUT2D eigenvalue weighted by Crippen LogP contribution is -2.30. The van der Waals surface area contributed by atoms with E-state index < -0.39 is 0 Å². The van der Waals surface area contributed by atoms with Crippen LogP contribution in [0.2, 0.25) is 0 Å². The smallest absolute Gasteiger partial charge is 0.140 e. The van der Waals surface area contributed by atoms with E-state index in [9.17, 15) is 0 Å². The fraction of sp³-hybridized carbons (Fsp3) is 0.455. The lowest BCUT2D eigenvalue weighted by Gasteiger charge is -2.22. The van der Waals surface area contributed by atoms with E-state index >= 15 is 0 Å². The normalized spacial score (nSPS) is 10.9. The molecule has 0 saturated carbocycles. The van der Waals surface area contributed by atoms with Crippen molar-refractivity contribution in [3.63, 3.8) is 0 Å². The van der Waals surface area contributed by atoms with Crippen LogP contribution in [0, 0.1) is 0 Å². The van der Waals surface area contributed by atoms with E-state index in [4.69, 9.17) is 5.73 Å². The Bertz CT molecular complexity index is 448. The lowest BCUT2D eigenvalue weighted by molar-refractivity contribution is 0.753. The summed E-state index contributed by atoms with van der Waals surface area (Å²) in [6.07, 6.45) is 2.73. The first-order chi connectivity index (χ1) is 7.86.